The Hall–Kier alpha value is -3.85. The van der Waals surface area contributed by atoms with Gasteiger partial charge < -0.3 is 19.0 Å². The van der Waals surface area contributed by atoms with Gasteiger partial charge in [0, 0.05) is 30.9 Å². The maximum Gasteiger partial charge on any atom is 0.335 e. The van der Waals surface area contributed by atoms with Crippen LogP contribution in [0.15, 0.2) is 73.2 Å². The number of ether oxygens (including phenoxy) is 1. The molecule has 1 aliphatic rings. The molecule has 0 atom stereocenters. The number of carboxylic acid groups (broad SMARTS) is 1. The lowest BCUT2D eigenvalue weighted by molar-refractivity contribution is 0.0697. The molecule has 1 fully saturated rings. The molecule has 0 radical (unpaired) electrons. The highest BCUT2D eigenvalue weighted by Gasteiger charge is 2.28. The molecule has 3 heterocycles. The van der Waals surface area contributed by atoms with Crippen molar-refractivity contribution in [2.75, 3.05) is 13.1 Å². The third-order valence-corrected chi connectivity index (χ3v) is 8.27. The van der Waals surface area contributed by atoms with Gasteiger partial charge in [-0.15, -0.1) is 0 Å². The molecule has 10 heteroatoms. The fourth-order valence-electron chi connectivity index (χ4n) is 5.60. The highest BCUT2D eigenvalue weighted by atomic mass is 35.5. The molecule has 1 aliphatic heterocycles. The fraction of sp³-hybridized carbons (Fsp3) is 0.281. The Morgan fingerprint density at radius 2 is 1.88 bits per heavy atom. The van der Waals surface area contributed by atoms with Crippen LogP contribution in [-0.4, -0.2) is 48.2 Å². The first-order valence-electron chi connectivity index (χ1n) is 14.0. The van der Waals surface area contributed by atoms with Crippen molar-refractivity contribution >= 4 is 40.2 Å². The zero-order valence-corrected chi connectivity index (χ0v) is 24.7. The van der Waals surface area contributed by atoms with E-state index in [-0.39, 0.29) is 5.56 Å². The van der Waals surface area contributed by atoms with E-state index in [1.165, 1.54) is 5.56 Å². The van der Waals surface area contributed by atoms with Crippen LogP contribution in [0.2, 0.25) is 10.0 Å². The standard InChI is InChI=1S/C32H31Cl2N5O3/c1-2-38-20-35-14-26(38)17-39-29-12-24(32(40)41)6-8-28(29)36-31(39)18-37-15-23(16-37)11-21-4-3-5-22(10-21)19-42-30-9-7-25(33)13-27(30)34/h3-10,12-14,20,23H,2,11,15-19H2,1H3,(H,40,41). The van der Waals surface area contributed by atoms with Crippen molar-refractivity contribution in [1.82, 2.24) is 24.0 Å². The number of aromatic carboxylic acids is 1. The van der Waals surface area contributed by atoms with Crippen molar-refractivity contribution in [3.63, 3.8) is 0 Å². The molecule has 0 amide bonds. The molecule has 0 saturated carbocycles. The van der Waals surface area contributed by atoms with Gasteiger partial charge in [-0.3, -0.25) is 4.90 Å². The van der Waals surface area contributed by atoms with Gasteiger partial charge >= 0.3 is 5.97 Å². The van der Waals surface area contributed by atoms with E-state index in [2.05, 4.69) is 50.2 Å². The number of imidazole rings is 2. The molecule has 6 rings (SSSR count). The van der Waals surface area contributed by atoms with E-state index in [0.29, 0.717) is 41.4 Å². The first-order valence-corrected chi connectivity index (χ1v) is 14.7. The number of aryl methyl sites for hydroxylation is 1. The molecule has 2 aromatic heterocycles. The summed E-state index contributed by atoms with van der Waals surface area (Å²) in [5, 5.41) is 10.7. The van der Waals surface area contributed by atoms with Gasteiger partial charge in [0.05, 0.1) is 46.7 Å². The molecular formula is C32H31Cl2N5O3. The predicted octanol–water partition coefficient (Wildman–Crippen LogP) is 6.56. The monoisotopic (exact) mass is 603 g/mol. The average molecular weight is 605 g/mol. The third-order valence-electron chi connectivity index (χ3n) is 7.74. The molecule has 0 aliphatic carbocycles. The summed E-state index contributed by atoms with van der Waals surface area (Å²) in [6.07, 6.45) is 4.67. The lowest BCUT2D eigenvalue weighted by Gasteiger charge is -2.39. The Bertz CT molecular complexity index is 1740. The summed E-state index contributed by atoms with van der Waals surface area (Å²) < 4.78 is 10.2. The van der Waals surface area contributed by atoms with Crippen LogP contribution in [0, 0.1) is 5.92 Å². The van der Waals surface area contributed by atoms with Crippen LogP contribution >= 0.6 is 23.2 Å². The number of nitrogens with zero attached hydrogens (tertiary/aromatic N) is 5. The number of carboxylic acids is 1. The van der Waals surface area contributed by atoms with E-state index < -0.39 is 5.97 Å². The summed E-state index contributed by atoms with van der Waals surface area (Å²) in [5.41, 5.74) is 5.31. The van der Waals surface area contributed by atoms with Gasteiger partial charge in [0.2, 0.25) is 0 Å². The van der Waals surface area contributed by atoms with Crippen LogP contribution in [0.1, 0.15) is 39.9 Å². The Morgan fingerprint density at radius 1 is 1.05 bits per heavy atom. The van der Waals surface area contributed by atoms with E-state index >= 15 is 0 Å². The van der Waals surface area contributed by atoms with Crippen LogP contribution in [0.3, 0.4) is 0 Å². The van der Waals surface area contributed by atoms with Crippen molar-refractivity contribution < 1.29 is 14.6 Å². The van der Waals surface area contributed by atoms with Crippen LogP contribution in [-0.2, 0) is 32.7 Å². The number of carbonyl (C=O) groups is 1. The number of halogens is 2. The zero-order chi connectivity index (χ0) is 29.2. The van der Waals surface area contributed by atoms with Crippen molar-refractivity contribution in [2.24, 2.45) is 5.92 Å². The maximum atomic E-state index is 11.7. The molecular weight excluding hydrogens is 573 g/mol. The topological polar surface area (TPSA) is 85.4 Å². The van der Waals surface area contributed by atoms with Crippen molar-refractivity contribution in [3.8, 4) is 5.75 Å². The minimum atomic E-state index is -0.945. The highest BCUT2D eigenvalue weighted by Crippen LogP contribution is 2.29. The van der Waals surface area contributed by atoms with Gasteiger partial charge in [0.25, 0.3) is 0 Å². The molecule has 8 nitrogen and oxygen atoms in total. The molecule has 0 bridgehead atoms. The molecule has 3 aromatic carbocycles. The van der Waals surface area contributed by atoms with Crippen LogP contribution in [0.25, 0.3) is 11.0 Å². The molecule has 42 heavy (non-hydrogen) atoms. The predicted molar refractivity (Wildman–Crippen MR) is 163 cm³/mol. The molecule has 0 spiro atoms. The Kier molecular flexibility index (Phi) is 8.20. The summed E-state index contributed by atoms with van der Waals surface area (Å²) >= 11 is 12.2. The normalized spacial score (nSPS) is 13.9. The Balaban J connectivity index is 1.11. The summed E-state index contributed by atoms with van der Waals surface area (Å²) in [4.78, 5) is 23.3. The number of hydrogen-bond donors (Lipinski definition) is 1. The van der Waals surface area contributed by atoms with Gasteiger partial charge in [-0.25, -0.2) is 14.8 Å². The van der Waals surface area contributed by atoms with Gasteiger partial charge in [-0.05, 0) is 66.8 Å². The molecule has 5 aromatic rings. The number of rotatable bonds is 11. The second-order valence-corrected chi connectivity index (χ2v) is 11.6. The second-order valence-electron chi connectivity index (χ2n) is 10.7. The number of hydrogen-bond acceptors (Lipinski definition) is 5. The molecule has 0 unspecified atom stereocenters. The van der Waals surface area contributed by atoms with E-state index in [4.69, 9.17) is 32.9 Å². The number of fused-ring (bicyclic) bond motifs is 1. The Labute approximate surface area is 254 Å². The van der Waals surface area contributed by atoms with E-state index in [1.807, 2.05) is 12.5 Å². The van der Waals surface area contributed by atoms with Crippen molar-refractivity contribution in [1.29, 1.82) is 0 Å². The molecule has 1 saturated heterocycles. The van der Waals surface area contributed by atoms with E-state index in [9.17, 15) is 9.90 Å². The van der Waals surface area contributed by atoms with E-state index in [1.54, 1.807) is 36.4 Å². The summed E-state index contributed by atoms with van der Waals surface area (Å²) in [5.74, 6) is 1.14. The number of likely N-dealkylation sites (tertiary alicyclic amines) is 1. The van der Waals surface area contributed by atoms with Gasteiger partial charge in [-0.2, -0.15) is 0 Å². The fourth-order valence-corrected chi connectivity index (χ4v) is 6.06. The third kappa shape index (κ3) is 6.16. The highest BCUT2D eigenvalue weighted by molar-refractivity contribution is 6.35. The summed E-state index contributed by atoms with van der Waals surface area (Å²) in [7, 11) is 0. The van der Waals surface area contributed by atoms with Crippen molar-refractivity contribution in [2.45, 2.75) is 39.6 Å². The summed E-state index contributed by atoms with van der Waals surface area (Å²) in [6, 6.07) is 18.9. The average Bonchev–Trinajstić information content (AvgIpc) is 3.55. The first kappa shape index (κ1) is 28.3. The summed E-state index contributed by atoms with van der Waals surface area (Å²) in [6.45, 7) is 6.55. The zero-order valence-electron chi connectivity index (χ0n) is 23.2. The second kappa shape index (κ2) is 12.2. The number of benzene rings is 3. The lowest BCUT2D eigenvalue weighted by atomic mass is 9.91. The molecule has 1 N–H and O–H groups in total. The maximum absolute atomic E-state index is 11.7. The van der Waals surface area contributed by atoms with Gasteiger partial charge in [0.1, 0.15) is 18.2 Å². The number of aromatic nitrogens is 4. The van der Waals surface area contributed by atoms with Crippen LogP contribution < -0.4 is 4.74 Å². The van der Waals surface area contributed by atoms with Crippen molar-refractivity contribution in [3.05, 3.63) is 111 Å². The van der Waals surface area contributed by atoms with E-state index in [0.717, 1.165) is 54.2 Å². The van der Waals surface area contributed by atoms with Gasteiger partial charge in [0.15, 0.2) is 0 Å². The quantitative estimate of drug-likeness (QED) is 0.184. The van der Waals surface area contributed by atoms with Gasteiger partial charge in [-0.1, -0.05) is 47.5 Å². The minimum Gasteiger partial charge on any atom is -0.487 e. The lowest BCUT2D eigenvalue weighted by Crippen LogP contribution is -2.47. The van der Waals surface area contributed by atoms with Crippen LogP contribution in [0.5, 0.6) is 5.75 Å². The SMILES string of the molecule is CCn1cncc1Cn1c(CN2CC(Cc3cccc(COc4ccc(Cl)cc4Cl)c3)C2)nc2ccc(C(=O)O)cc21. The largest absolute Gasteiger partial charge is 0.487 e. The molecule has 216 valence electrons. The Morgan fingerprint density at radius 3 is 2.67 bits per heavy atom. The first-order chi connectivity index (χ1) is 20.4. The minimum absolute atomic E-state index is 0.257. The van der Waals surface area contributed by atoms with Crippen LogP contribution in [0.4, 0.5) is 0 Å². The smallest absolute Gasteiger partial charge is 0.335 e.